The van der Waals surface area contributed by atoms with E-state index in [0.29, 0.717) is 11.5 Å². The number of carboxylic acid groups (broad SMARTS) is 1. The van der Waals surface area contributed by atoms with Gasteiger partial charge in [0.25, 0.3) is 0 Å². The average molecular weight is 167 g/mol. The van der Waals surface area contributed by atoms with Crippen molar-refractivity contribution in [2.24, 2.45) is 0 Å². The van der Waals surface area contributed by atoms with Gasteiger partial charge in [-0.2, -0.15) is 0 Å². The summed E-state index contributed by atoms with van der Waals surface area (Å²) in [5, 5.41) is 8.68. The van der Waals surface area contributed by atoms with Gasteiger partial charge in [-0.3, -0.25) is 0 Å². The van der Waals surface area contributed by atoms with Crippen LogP contribution in [0.4, 0.5) is 5.82 Å². The van der Waals surface area contributed by atoms with Gasteiger partial charge in [-0.25, -0.2) is 14.8 Å². The SMILES string of the molecule is Cc1nc(C)c(C(=O)O)c(N)n1. The lowest BCUT2D eigenvalue weighted by atomic mass is 10.2. The van der Waals surface area contributed by atoms with Gasteiger partial charge in [0.2, 0.25) is 0 Å². The van der Waals surface area contributed by atoms with Crippen LogP contribution in [0.2, 0.25) is 0 Å². The molecule has 0 unspecified atom stereocenters. The predicted octanol–water partition coefficient (Wildman–Crippen LogP) is 0.374. The molecule has 0 amide bonds. The van der Waals surface area contributed by atoms with Crippen molar-refractivity contribution in [3.8, 4) is 0 Å². The summed E-state index contributed by atoms with van der Waals surface area (Å²) in [5.74, 6) is -0.590. The molecule has 0 aliphatic heterocycles. The highest BCUT2D eigenvalue weighted by Crippen LogP contribution is 2.11. The number of aromatic carboxylic acids is 1. The fourth-order valence-corrected chi connectivity index (χ4v) is 1.00. The molecule has 1 aromatic heterocycles. The van der Waals surface area contributed by atoms with Gasteiger partial charge < -0.3 is 10.8 Å². The molecule has 1 heterocycles. The van der Waals surface area contributed by atoms with Crippen LogP contribution in [0.1, 0.15) is 21.9 Å². The largest absolute Gasteiger partial charge is 0.477 e. The van der Waals surface area contributed by atoms with E-state index in [9.17, 15) is 4.79 Å². The van der Waals surface area contributed by atoms with Crippen molar-refractivity contribution < 1.29 is 9.90 Å². The predicted molar refractivity (Wildman–Crippen MR) is 42.9 cm³/mol. The number of nitrogens with zero attached hydrogens (tertiary/aromatic N) is 2. The van der Waals surface area contributed by atoms with E-state index in [-0.39, 0.29) is 11.4 Å². The summed E-state index contributed by atoms with van der Waals surface area (Å²) >= 11 is 0. The normalized spacial score (nSPS) is 9.83. The van der Waals surface area contributed by atoms with Crippen molar-refractivity contribution in [2.75, 3.05) is 5.73 Å². The summed E-state index contributed by atoms with van der Waals surface area (Å²) in [4.78, 5) is 18.2. The first-order valence-electron chi connectivity index (χ1n) is 3.36. The molecule has 0 aromatic carbocycles. The molecule has 0 aliphatic rings. The highest BCUT2D eigenvalue weighted by Gasteiger charge is 2.13. The Bertz CT molecular complexity index is 312. The van der Waals surface area contributed by atoms with Crippen molar-refractivity contribution in [3.05, 3.63) is 17.1 Å². The Labute approximate surface area is 69.3 Å². The van der Waals surface area contributed by atoms with Crippen LogP contribution >= 0.6 is 0 Å². The Morgan fingerprint density at radius 2 is 2.00 bits per heavy atom. The van der Waals surface area contributed by atoms with Gasteiger partial charge in [0, 0.05) is 0 Å². The zero-order valence-electron chi connectivity index (χ0n) is 6.83. The number of carboxylic acids is 1. The summed E-state index contributed by atoms with van der Waals surface area (Å²) in [6.45, 7) is 3.25. The lowest BCUT2D eigenvalue weighted by molar-refractivity contribution is 0.0696. The number of aromatic nitrogens is 2. The fraction of sp³-hybridized carbons (Fsp3) is 0.286. The van der Waals surface area contributed by atoms with Crippen LogP contribution in [-0.4, -0.2) is 21.0 Å². The smallest absolute Gasteiger partial charge is 0.341 e. The Kier molecular flexibility index (Phi) is 1.95. The number of carbonyl (C=O) groups is 1. The number of nitrogen functional groups attached to an aromatic ring is 1. The molecule has 0 spiro atoms. The summed E-state index contributed by atoms with van der Waals surface area (Å²) in [7, 11) is 0. The van der Waals surface area contributed by atoms with Crippen molar-refractivity contribution in [2.45, 2.75) is 13.8 Å². The second-order valence-electron chi connectivity index (χ2n) is 2.42. The molecular weight excluding hydrogens is 158 g/mol. The first-order chi connectivity index (χ1) is 5.52. The lowest BCUT2D eigenvalue weighted by Crippen LogP contribution is -2.10. The van der Waals surface area contributed by atoms with Gasteiger partial charge in [0.15, 0.2) is 0 Å². The second kappa shape index (κ2) is 2.77. The van der Waals surface area contributed by atoms with Crippen molar-refractivity contribution in [1.82, 2.24) is 9.97 Å². The summed E-state index contributed by atoms with van der Waals surface area (Å²) in [6, 6.07) is 0. The van der Waals surface area contributed by atoms with E-state index in [2.05, 4.69) is 9.97 Å². The molecule has 12 heavy (non-hydrogen) atoms. The zero-order valence-corrected chi connectivity index (χ0v) is 6.83. The zero-order chi connectivity index (χ0) is 9.30. The van der Waals surface area contributed by atoms with Crippen molar-refractivity contribution >= 4 is 11.8 Å². The van der Waals surface area contributed by atoms with E-state index >= 15 is 0 Å². The van der Waals surface area contributed by atoms with Gasteiger partial charge in [-0.1, -0.05) is 0 Å². The van der Waals surface area contributed by atoms with E-state index in [1.165, 1.54) is 0 Å². The topological polar surface area (TPSA) is 89.1 Å². The molecule has 5 nitrogen and oxygen atoms in total. The van der Waals surface area contributed by atoms with Crippen LogP contribution < -0.4 is 5.73 Å². The molecule has 0 radical (unpaired) electrons. The van der Waals surface area contributed by atoms with Crippen LogP contribution in [0.3, 0.4) is 0 Å². The number of hydrogen-bond acceptors (Lipinski definition) is 4. The van der Waals surface area contributed by atoms with Crippen LogP contribution in [-0.2, 0) is 0 Å². The molecule has 5 heteroatoms. The Balaban J connectivity index is 3.38. The molecule has 0 fully saturated rings. The van der Waals surface area contributed by atoms with E-state index in [0.717, 1.165) is 0 Å². The maximum absolute atomic E-state index is 10.6. The molecule has 0 aliphatic carbocycles. The van der Waals surface area contributed by atoms with Gasteiger partial charge in [0.1, 0.15) is 17.2 Å². The molecule has 3 N–H and O–H groups in total. The monoisotopic (exact) mass is 167 g/mol. The highest BCUT2D eigenvalue weighted by atomic mass is 16.4. The maximum atomic E-state index is 10.6. The highest BCUT2D eigenvalue weighted by molar-refractivity contribution is 5.93. The second-order valence-corrected chi connectivity index (χ2v) is 2.42. The first-order valence-corrected chi connectivity index (χ1v) is 3.36. The molecule has 1 rings (SSSR count). The third-order valence-corrected chi connectivity index (χ3v) is 1.44. The molecule has 0 saturated heterocycles. The van der Waals surface area contributed by atoms with E-state index in [1.54, 1.807) is 13.8 Å². The number of aryl methyl sites for hydroxylation is 2. The quantitative estimate of drug-likeness (QED) is 0.630. The van der Waals surface area contributed by atoms with E-state index in [4.69, 9.17) is 10.8 Å². The molecule has 1 aromatic rings. The van der Waals surface area contributed by atoms with E-state index < -0.39 is 5.97 Å². The van der Waals surface area contributed by atoms with Crippen LogP contribution in [0.25, 0.3) is 0 Å². The van der Waals surface area contributed by atoms with Crippen molar-refractivity contribution in [1.29, 1.82) is 0 Å². The Morgan fingerprint density at radius 1 is 1.42 bits per heavy atom. The first kappa shape index (κ1) is 8.45. The molecular formula is C7H9N3O2. The third kappa shape index (κ3) is 1.34. The number of hydrogen-bond donors (Lipinski definition) is 2. The molecule has 64 valence electrons. The van der Waals surface area contributed by atoms with Crippen molar-refractivity contribution in [3.63, 3.8) is 0 Å². The minimum Gasteiger partial charge on any atom is -0.477 e. The summed E-state index contributed by atoms with van der Waals surface area (Å²) < 4.78 is 0. The van der Waals surface area contributed by atoms with Crippen LogP contribution in [0.15, 0.2) is 0 Å². The molecule has 0 atom stereocenters. The maximum Gasteiger partial charge on any atom is 0.341 e. The average Bonchev–Trinajstić information content (AvgIpc) is 1.82. The molecule has 0 saturated carbocycles. The van der Waals surface area contributed by atoms with Gasteiger partial charge in [-0.05, 0) is 13.8 Å². The third-order valence-electron chi connectivity index (χ3n) is 1.44. The van der Waals surface area contributed by atoms with Crippen LogP contribution in [0, 0.1) is 13.8 Å². The van der Waals surface area contributed by atoms with E-state index in [1.807, 2.05) is 0 Å². The number of rotatable bonds is 1. The van der Waals surface area contributed by atoms with Gasteiger partial charge >= 0.3 is 5.97 Å². The van der Waals surface area contributed by atoms with Crippen LogP contribution in [0.5, 0.6) is 0 Å². The van der Waals surface area contributed by atoms with Gasteiger partial charge in [-0.15, -0.1) is 0 Å². The number of anilines is 1. The molecule has 0 bridgehead atoms. The minimum absolute atomic E-state index is 0.0133. The van der Waals surface area contributed by atoms with Gasteiger partial charge in [0.05, 0.1) is 5.69 Å². The summed E-state index contributed by atoms with van der Waals surface area (Å²) in [5.41, 5.74) is 5.77. The minimum atomic E-state index is -1.09. The number of nitrogens with two attached hydrogens (primary N) is 1. The summed E-state index contributed by atoms with van der Waals surface area (Å²) in [6.07, 6.45) is 0. The lowest BCUT2D eigenvalue weighted by Gasteiger charge is -2.03. The Hall–Kier alpha value is -1.65. The Morgan fingerprint density at radius 3 is 2.42 bits per heavy atom. The standard InChI is InChI=1S/C7H9N3O2/c1-3-5(7(11)12)6(8)10-4(2)9-3/h1-2H3,(H,11,12)(H2,8,9,10). The fourth-order valence-electron chi connectivity index (χ4n) is 1.00.